The number of fused-ring (bicyclic) bond motifs is 2. The maximum Gasteiger partial charge on any atom is 0.254 e. The molecule has 21 heavy (non-hydrogen) atoms. The Balaban J connectivity index is 1.86. The van der Waals surface area contributed by atoms with Crippen molar-refractivity contribution in [3.8, 4) is 0 Å². The SMILES string of the molecule is Cc1ccc(F)c(C(=O)NC2C3(C)CCC(C3)C2(C)C)c1. The van der Waals surface area contributed by atoms with Crippen LogP contribution in [0.1, 0.15) is 56.0 Å². The van der Waals surface area contributed by atoms with Crippen LogP contribution in [0, 0.1) is 29.5 Å². The molecule has 2 aliphatic carbocycles. The van der Waals surface area contributed by atoms with Crippen molar-refractivity contribution in [3.63, 3.8) is 0 Å². The molecular weight excluding hydrogens is 265 g/mol. The Morgan fingerprint density at radius 2 is 2.05 bits per heavy atom. The van der Waals surface area contributed by atoms with Crippen LogP contribution in [0.5, 0.6) is 0 Å². The first-order valence-corrected chi connectivity index (χ1v) is 7.81. The summed E-state index contributed by atoms with van der Waals surface area (Å²) in [6, 6.07) is 4.82. The lowest BCUT2D eigenvalue weighted by molar-refractivity contribution is 0.0734. The first kappa shape index (κ1) is 14.6. The van der Waals surface area contributed by atoms with Gasteiger partial charge in [-0.05, 0) is 55.1 Å². The average molecular weight is 289 g/mol. The molecule has 0 heterocycles. The van der Waals surface area contributed by atoms with Gasteiger partial charge in [0, 0.05) is 6.04 Å². The van der Waals surface area contributed by atoms with Crippen LogP contribution in [0.2, 0.25) is 0 Å². The maximum atomic E-state index is 13.9. The van der Waals surface area contributed by atoms with E-state index < -0.39 is 5.82 Å². The van der Waals surface area contributed by atoms with Crippen molar-refractivity contribution in [2.75, 3.05) is 0 Å². The monoisotopic (exact) mass is 289 g/mol. The van der Waals surface area contributed by atoms with Gasteiger partial charge in [-0.25, -0.2) is 4.39 Å². The zero-order valence-electron chi connectivity index (χ0n) is 13.3. The highest BCUT2D eigenvalue weighted by atomic mass is 19.1. The van der Waals surface area contributed by atoms with Gasteiger partial charge in [0.15, 0.2) is 0 Å². The summed E-state index contributed by atoms with van der Waals surface area (Å²) < 4.78 is 13.9. The molecule has 2 aliphatic rings. The summed E-state index contributed by atoms with van der Waals surface area (Å²) in [5.74, 6) is -0.0533. The van der Waals surface area contributed by atoms with E-state index in [-0.39, 0.29) is 28.3 Å². The van der Waals surface area contributed by atoms with Crippen LogP contribution in [0.3, 0.4) is 0 Å². The third-order valence-corrected chi connectivity index (χ3v) is 5.91. The van der Waals surface area contributed by atoms with Crippen LogP contribution < -0.4 is 5.32 Å². The van der Waals surface area contributed by atoms with Gasteiger partial charge in [-0.2, -0.15) is 0 Å². The Morgan fingerprint density at radius 1 is 1.33 bits per heavy atom. The molecule has 1 aromatic rings. The number of aryl methyl sites for hydroxylation is 1. The van der Waals surface area contributed by atoms with Crippen molar-refractivity contribution in [1.82, 2.24) is 5.32 Å². The number of halogens is 1. The zero-order valence-corrected chi connectivity index (χ0v) is 13.3. The summed E-state index contributed by atoms with van der Waals surface area (Å²) in [7, 11) is 0. The molecule has 0 saturated heterocycles. The number of amides is 1. The highest BCUT2D eigenvalue weighted by Gasteiger charge is 2.59. The second-order valence-electron chi connectivity index (χ2n) is 7.80. The first-order valence-electron chi connectivity index (χ1n) is 7.81. The predicted octanol–water partition coefficient (Wildman–Crippen LogP) is 4.08. The number of benzene rings is 1. The van der Waals surface area contributed by atoms with Crippen molar-refractivity contribution in [2.24, 2.45) is 16.7 Å². The molecule has 0 radical (unpaired) electrons. The van der Waals surface area contributed by atoms with Gasteiger partial charge in [0.05, 0.1) is 5.56 Å². The Labute approximate surface area is 126 Å². The fourth-order valence-corrected chi connectivity index (χ4v) is 4.68. The van der Waals surface area contributed by atoms with Crippen LogP contribution in [-0.2, 0) is 0 Å². The third kappa shape index (κ3) is 2.18. The lowest BCUT2D eigenvalue weighted by Gasteiger charge is -2.43. The molecule has 3 rings (SSSR count). The molecule has 3 heteroatoms. The zero-order chi connectivity index (χ0) is 15.4. The van der Waals surface area contributed by atoms with Crippen molar-refractivity contribution >= 4 is 5.91 Å². The van der Waals surface area contributed by atoms with Gasteiger partial charge < -0.3 is 5.32 Å². The van der Waals surface area contributed by atoms with Crippen LogP contribution in [-0.4, -0.2) is 11.9 Å². The fourth-order valence-electron chi connectivity index (χ4n) is 4.68. The van der Waals surface area contributed by atoms with E-state index in [1.165, 1.54) is 18.9 Å². The van der Waals surface area contributed by atoms with Gasteiger partial charge in [0.1, 0.15) is 5.82 Å². The summed E-state index contributed by atoms with van der Waals surface area (Å²) in [6.07, 6.45) is 3.57. The lowest BCUT2D eigenvalue weighted by atomic mass is 9.68. The maximum absolute atomic E-state index is 13.9. The molecule has 114 valence electrons. The summed E-state index contributed by atoms with van der Waals surface area (Å²) >= 11 is 0. The first-order chi connectivity index (χ1) is 9.74. The van der Waals surface area contributed by atoms with Crippen molar-refractivity contribution in [2.45, 2.75) is 53.0 Å². The van der Waals surface area contributed by atoms with Gasteiger partial charge in [-0.15, -0.1) is 0 Å². The van der Waals surface area contributed by atoms with E-state index in [1.807, 2.05) is 6.92 Å². The molecule has 0 aliphatic heterocycles. The number of nitrogens with one attached hydrogen (secondary N) is 1. The number of rotatable bonds is 2. The van der Waals surface area contributed by atoms with Crippen molar-refractivity contribution in [3.05, 3.63) is 35.1 Å². The molecule has 0 aromatic heterocycles. The van der Waals surface area contributed by atoms with E-state index in [9.17, 15) is 9.18 Å². The molecule has 1 N–H and O–H groups in total. The molecule has 2 bridgehead atoms. The standard InChI is InChI=1S/C18H24FNO/c1-11-5-6-14(19)13(9-11)15(21)20-16-17(2,3)12-7-8-18(16,4)10-12/h5-6,9,12,16H,7-8,10H2,1-4H3,(H,20,21). The summed E-state index contributed by atoms with van der Waals surface area (Å²) in [5.41, 5.74) is 1.31. The molecule has 2 nitrogen and oxygen atoms in total. The van der Waals surface area contributed by atoms with Gasteiger partial charge >= 0.3 is 0 Å². The van der Waals surface area contributed by atoms with E-state index in [4.69, 9.17) is 0 Å². The van der Waals surface area contributed by atoms with Crippen molar-refractivity contribution in [1.29, 1.82) is 0 Å². The number of carbonyl (C=O) groups excluding carboxylic acids is 1. The Bertz CT molecular complexity index is 590. The second kappa shape index (κ2) is 4.56. The van der Waals surface area contributed by atoms with Crippen LogP contribution in [0.25, 0.3) is 0 Å². The van der Waals surface area contributed by atoms with Crippen LogP contribution in [0.15, 0.2) is 18.2 Å². The van der Waals surface area contributed by atoms with Gasteiger partial charge in [-0.3, -0.25) is 4.79 Å². The molecular formula is C18H24FNO. The molecule has 2 fully saturated rings. The van der Waals surface area contributed by atoms with E-state index in [1.54, 1.807) is 12.1 Å². The summed E-state index contributed by atoms with van der Waals surface area (Å²) in [6.45, 7) is 8.61. The van der Waals surface area contributed by atoms with Gasteiger partial charge in [-0.1, -0.05) is 32.4 Å². The molecule has 0 spiro atoms. The Kier molecular flexibility index (Phi) is 3.16. The van der Waals surface area contributed by atoms with E-state index >= 15 is 0 Å². The van der Waals surface area contributed by atoms with E-state index in [0.717, 1.165) is 12.0 Å². The van der Waals surface area contributed by atoms with Gasteiger partial charge in [0.25, 0.3) is 5.91 Å². The minimum atomic E-state index is -0.441. The molecule has 3 unspecified atom stereocenters. The highest BCUT2D eigenvalue weighted by Crippen LogP contribution is 2.62. The summed E-state index contributed by atoms with van der Waals surface area (Å²) in [5, 5.41) is 3.15. The number of hydrogen-bond donors (Lipinski definition) is 1. The Hall–Kier alpha value is -1.38. The topological polar surface area (TPSA) is 29.1 Å². The van der Waals surface area contributed by atoms with Crippen molar-refractivity contribution < 1.29 is 9.18 Å². The van der Waals surface area contributed by atoms with E-state index in [0.29, 0.717) is 5.92 Å². The molecule has 1 aromatic carbocycles. The summed E-state index contributed by atoms with van der Waals surface area (Å²) in [4.78, 5) is 12.5. The van der Waals surface area contributed by atoms with Crippen LogP contribution in [0.4, 0.5) is 4.39 Å². The third-order valence-electron chi connectivity index (χ3n) is 5.91. The minimum absolute atomic E-state index is 0.0863. The molecule has 2 saturated carbocycles. The van der Waals surface area contributed by atoms with E-state index in [2.05, 4.69) is 26.1 Å². The fraction of sp³-hybridized carbons (Fsp3) is 0.611. The highest BCUT2D eigenvalue weighted by molar-refractivity contribution is 5.95. The molecule has 1 amide bonds. The largest absolute Gasteiger partial charge is 0.348 e. The van der Waals surface area contributed by atoms with Gasteiger partial charge in [0.2, 0.25) is 0 Å². The normalized spacial score (nSPS) is 33.2. The lowest BCUT2D eigenvalue weighted by Crippen LogP contribution is -2.52. The Morgan fingerprint density at radius 3 is 2.67 bits per heavy atom. The smallest absolute Gasteiger partial charge is 0.254 e. The quantitative estimate of drug-likeness (QED) is 0.873. The average Bonchev–Trinajstić information content (AvgIpc) is 2.88. The number of carbonyl (C=O) groups is 1. The molecule has 3 atom stereocenters. The minimum Gasteiger partial charge on any atom is -0.348 e. The predicted molar refractivity (Wildman–Crippen MR) is 81.6 cm³/mol. The second-order valence-corrected chi connectivity index (χ2v) is 7.80. The van der Waals surface area contributed by atoms with Crippen LogP contribution >= 0.6 is 0 Å². The number of hydrogen-bond acceptors (Lipinski definition) is 1.